The molecule has 0 spiro atoms. The Bertz CT molecular complexity index is 112. The third-order valence-electron chi connectivity index (χ3n) is 4.05. The Balaban J connectivity index is 2.00. The van der Waals surface area contributed by atoms with Crippen LogP contribution in [0.3, 0.4) is 0 Å². The third-order valence-corrected chi connectivity index (χ3v) is 4.05. The van der Waals surface area contributed by atoms with Gasteiger partial charge in [-0.1, -0.05) is 26.7 Å². The maximum atomic E-state index is 2.44. The quantitative estimate of drug-likeness (QED) is 0.482. The van der Waals surface area contributed by atoms with E-state index in [4.69, 9.17) is 0 Å². The number of rotatable bonds is 0. The Kier molecular flexibility index (Phi) is 1.51. The zero-order valence-electron chi connectivity index (χ0n) is 7.14. The zero-order valence-corrected chi connectivity index (χ0v) is 7.14. The van der Waals surface area contributed by atoms with Crippen LogP contribution in [-0.4, -0.2) is 0 Å². The molecule has 4 unspecified atom stereocenters. The molecule has 0 aromatic carbocycles. The predicted octanol–water partition coefficient (Wildman–Crippen LogP) is 3.08. The van der Waals surface area contributed by atoms with Gasteiger partial charge in [0, 0.05) is 0 Å². The van der Waals surface area contributed by atoms with Crippen molar-refractivity contribution in [1.82, 2.24) is 0 Å². The molecular weight excluding hydrogens is 120 g/mol. The summed E-state index contributed by atoms with van der Waals surface area (Å²) in [6.07, 6.45) is 6.10. The molecule has 0 saturated heterocycles. The average molecular weight is 138 g/mol. The summed E-state index contributed by atoms with van der Waals surface area (Å²) < 4.78 is 0. The first kappa shape index (κ1) is 6.69. The van der Waals surface area contributed by atoms with Crippen LogP contribution in [0.5, 0.6) is 0 Å². The zero-order chi connectivity index (χ0) is 7.14. The molecule has 0 aromatic heterocycles. The van der Waals surface area contributed by atoms with Crippen molar-refractivity contribution in [3.63, 3.8) is 0 Å². The second kappa shape index (κ2) is 2.25. The van der Waals surface area contributed by atoms with E-state index in [2.05, 4.69) is 13.8 Å². The molecule has 58 valence electrons. The normalized spacial score (nSPS) is 53.4. The molecule has 0 N–H and O–H groups in total. The first-order valence-corrected chi connectivity index (χ1v) is 4.80. The molecule has 0 heterocycles. The fraction of sp³-hybridized carbons (Fsp3) is 1.00. The van der Waals surface area contributed by atoms with Crippen LogP contribution >= 0.6 is 0 Å². The van der Waals surface area contributed by atoms with Gasteiger partial charge >= 0.3 is 0 Å². The van der Waals surface area contributed by atoms with Gasteiger partial charge in [-0.15, -0.1) is 0 Å². The van der Waals surface area contributed by atoms with Crippen molar-refractivity contribution in [3.05, 3.63) is 0 Å². The maximum absolute atomic E-state index is 2.44. The SMILES string of the molecule is CC1C(C)C2CCCCC12. The number of hydrogen-bond acceptors (Lipinski definition) is 0. The van der Waals surface area contributed by atoms with Crippen LogP contribution in [0.2, 0.25) is 0 Å². The van der Waals surface area contributed by atoms with Gasteiger partial charge in [0.25, 0.3) is 0 Å². The summed E-state index contributed by atoms with van der Waals surface area (Å²) in [7, 11) is 0. The monoisotopic (exact) mass is 138 g/mol. The van der Waals surface area contributed by atoms with Crippen LogP contribution < -0.4 is 0 Å². The van der Waals surface area contributed by atoms with Crippen LogP contribution in [-0.2, 0) is 0 Å². The van der Waals surface area contributed by atoms with E-state index in [0.717, 1.165) is 23.7 Å². The lowest BCUT2D eigenvalue weighted by atomic mass is 9.53. The van der Waals surface area contributed by atoms with Gasteiger partial charge in [0.1, 0.15) is 0 Å². The molecule has 2 rings (SSSR count). The highest BCUT2D eigenvalue weighted by atomic mass is 14.5. The molecule has 0 amide bonds. The Morgan fingerprint density at radius 3 is 1.60 bits per heavy atom. The van der Waals surface area contributed by atoms with E-state index in [1.165, 1.54) is 25.7 Å². The molecule has 0 heteroatoms. The lowest BCUT2D eigenvalue weighted by molar-refractivity contribution is -0.0305. The third kappa shape index (κ3) is 0.741. The van der Waals surface area contributed by atoms with E-state index in [1.807, 2.05) is 0 Å². The molecular formula is C10H18. The van der Waals surface area contributed by atoms with Gasteiger partial charge in [0.05, 0.1) is 0 Å². The molecule has 0 radical (unpaired) electrons. The minimum Gasteiger partial charge on any atom is -0.0620 e. The topological polar surface area (TPSA) is 0 Å². The fourth-order valence-electron chi connectivity index (χ4n) is 3.13. The Morgan fingerprint density at radius 1 is 0.800 bits per heavy atom. The predicted molar refractivity (Wildman–Crippen MR) is 43.8 cm³/mol. The smallest absolute Gasteiger partial charge is 0.0355 e. The van der Waals surface area contributed by atoms with E-state index < -0.39 is 0 Å². The summed E-state index contributed by atoms with van der Waals surface area (Å²) in [5.41, 5.74) is 0. The summed E-state index contributed by atoms with van der Waals surface area (Å²) in [4.78, 5) is 0. The van der Waals surface area contributed by atoms with E-state index in [-0.39, 0.29) is 0 Å². The molecule has 0 aromatic rings. The van der Waals surface area contributed by atoms with Crippen molar-refractivity contribution in [1.29, 1.82) is 0 Å². The Morgan fingerprint density at radius 2 is 1.20 bits per heavy atom. The molecule has 0 nitrogen and oxygen atoms in total. The van der Waals surface area contributed by atoms with Crippen LogP contribution in [0.4, 0.5) is 0 Å². The van der Waals surface area contributed by atoms with E-state index in [9.17, 15) is 0 Å². The van der Waals surface area contributed by atoms with Crippen molar-refractivity contribution in [2.75, 3.05) is 0 Å². The number of hydrogen-bond donors (Lipinski definition) is 0. The van der Waals surface area contributed by atoms with E-state index in [1.54, 1.807) is 0 Å². The van der Waals surface area contributed by atoms with E-state index in [0.29, 0.717) is 0 Å². The maximum Gasteiger partial charge on any atom is -0.0355 e. The molecule has 10 heavy (non-hydrogen) atoms. The summed E-state index contributed by atoms with van der Waals surface area (Å²) in [5.74, 6) is 4.35. The molecule has 0 bridgehead atoms. The number of fused-ring (bicyclic) bond motifs is 1. The van der Waals surface area contributed by atoms with Crippen LogP contribution in [0, 0.1) is 23.7 Å². The first-order valence-electron chi connectivity index (χ1n) is 4.80. The van der Waals surface area contributed by atoms with Gasteiger partial charge in [0.15, 0.2) is 0 Å². The van der Waals surface area contributed by atoms with Gasteiger partial charge in [-0.25, -0.2) is 0 Å². The minimum absolute atomic E-state index is 1.05. The highest BCUT2D eigenvalue weighted by Gasteiger charge is 2.45. The summed E-state index contributed by atoms with van der Waals surface area (Å²) in [5, 5.41) is 0. The summed E-state index contributed by atoms with van der Waals surface area (Å²) in [6.45, 7) is 4.88. The molecule has 0 aliphatic heterocycles. The largest absolute Gasteiger partial charge is 0.0620 e. The minimum atomic E-state index is 1.05. The highest BCUT2D eigenvalue weighted by molar-refractivity contribution is 4.94. The van der Waals surface area contributed by atoms with Crippen LogP contribution in [0.15, 0.2) is 0 Å². The lowest BCUT2D eigenvalue weighted by Crippen LogP contribution is -2.45. The molecule has 2 aliphatic rings. The second-order valence-corrected chi connectivity index (χ2v) is 4.33. The van der Waals surface area contributed by atoms with Crippen LogP contribution in [0.1, 0.15) is 39.5 Å². The molecule has 2 fully saturated rings. The van der Waals surface area contributed by atoms with Gasteiger partial charge in [-0.3, -0.25) is 0 Å². The fourth-order valence-corrected chi connectivity index (χ4v) is 3.13. The second-order valence-electron chi connectivity index (χ2n) is 4.33. The lowest BCUT2D eigenvalue weighted by Gasteiger charge is -2.52. The van der Waals surface area contributed by atoms with Crippen molar-refractivity contribution in [3.8, 4) is 0 Å². The van der Waals surface area contributed by atoms with Gasteiger partial charge < -0.3 is 0 Å². The van der Waals surface area contributed by atoms with Crippen molar-refractivity contribution in [2.45, 2.75) is 39.5 Å². The van der Waals surface area contributed by atoms with Gasteiger partial charge in [-0.2, -0.15) is 0 Å². The highest BCUT2D eigenvalue weighted by Crippen LogP contribution is 2.52. The van der Waals surface area contributed by atoms with Crippen molar-refractivity contribution in [2.24, 2.45) is 23.7 Å². The van der Waals surface area contributed by atoms with Gasteiger partial charge in [-0.05, 0) is 36.5 Å². The summed E-state index contributed by atoms with van der Waals surface area (Å²) >= 11 is 0. The Hall–Kier alpha value is 0. The van der Waals surface area contributed by atoms with E-state index >= 15 is 0 Å². The molecule has 2 saturated carbocycles. The first-order chi connectivity index (χ1) is 4.80. The van der Waals surface area contributed by atoms with Crippen molar-refractivity contribution >= 4 is 0 Å². The summed E-state index contributed by atoms with van der Waals surface area (Å²) in [6, 6.07) is 0. The van der Waals surface area contributed by atoms with Crippen molar-refractivity contribution < 1.29 is 0 Å². The van der Waals surface area contributed by atoms with Gasteiger partial charge in [0.2, 0.25) is 0 Å². The van der Waals surface area contributed by atoms with Crippen LogP contribution in [0.25, 0.3) is 0 Å². The molecule has 2 aliphatic carbocycles. The Labute approximate surface area is 64.0 Å². The standard InChI is InChI=1S/C10H18/c1-7-8(2)10-6-4-3-5-9(7)10/h7-10H,3-6H2,1-2H3. The molecule has 4 atom stereocenters. The average Bonchev–Trinajstić information content (AvgIpc) is 2.03.